The first-order valence-electron chi connectivity index (χ1n) is 8.20. The molecule has 0 saturated carbocycles. The van der Waals surface area contributed by atoms with E-state index in [-0.39, 0.29) is 5.56 Å². The fourth-order valence-corrected chi connectivity index (χ4v) is 3.53. The van der Waals surface area contributed by atoms with Crippen molar-refractivity contribution < 1.29 is 23.2 Å². The molecule has 2 N–H and O–H groups in total. The number of nitrogens with zero attached hydrogens (tertiary/aromatic N) is 1. The molecule has 6 nitrogen and oxygen atoms in total. The topological polar surface area (TPSA) is 78.5 Å². The molecule has 1 aliphatic rings. The first-order chi connectivity index (χ1) is 12.8. The summed E-state index contributed by atoms with van der Waals surface area (Å²) in [6.07, 6.45) is 0.649. The zero-order chi connectivity index (χ0) is 19.6. The van der Waals surface area contributed by atoms with E-state index in [9.17, 15) is 23.2 Å². The van der Waals surface area contributed by atoms with Crippen molar-refractivity contribution in [1.29, 1.82) is 0 Å². The molecule has 4 amide bonds. The van der Waals surface area contributed by atoms with Gasteiger partial charge in [-0.1, -0.05) is 12.1 Å². The molecule has 1 aliphatic heterocycles. The van der Waals surface area contributed by atoms with Crippen LogP contribution in [0.1, 0.15) is 17.4 Å². The van der Waals surface area contributed by atoms with Crippen LogP contribution >= 0.6 is 11.3 Å². The number of carbonyl (C=O) groups excluding carboxylic acids is 3. The van der Waals surface area contributed by atoms with E-state index < -0.39 is 41.6 Å². The van der Waals surface area contributed by atoms with Crippen LogP contribution in [0.25, 0.3) is 0 Å². The molecule has 3 rings (SSSR count). The van der Waals surface area contributed by atoms with E-state index in [0.717, 1.165) is 21.9 Å². The molecular formula is C18H17F2N3O3S. The zero-order valence-corrected chi connectivity index (χ0v) is 15.2. The van der Waals surface area contributed by atoms with Crippen molar-refractivity contribution in [2.24, 2.45) is 0 Å². The van der Waals surface area contributed by atoms with Gasteiger partial charge in [-0.05, 0) is 42.5 Å². The molecule has 2 aromatic rings. The summed E-state index contributed by atoms with van der Waals surface area (Å²) in [5.74, 6) is -3.36. The van der Waals surface area contributed by atoms with Gasteiger partial charge in [0.15, 0.2) is 11.6 Å². The van der Waals surface area contributed by atoms with Crippen molar-refractivity contribution >= 4 is 29.2 Å². The maximum atomic E-state index is 13.5. The summed E-state index contributed by atoms with van der Waals surface area (Å²) in [5.41, 5.74) is -1.47. The van der Waals surface area contributed by atoms with Crippen molar-refractivity contribution in [2.45, 2.75) is 18.9 Å². The third-order valence-electron chi connectivity index (χ3n) is 4.35. The molecule has 9 heteroatoms. The van der Waals surface area contributed by atoms with E-state index in [0.29, 0.717) is 13.0 Å². The maximum absolute atomic E-state index is 13.5. The molecule has 0 spiro atoms. The monoisotopic (exact) mass is 393 g/mol. The minimum absolute atomic E-state index is 0.0975. The van der Waals surface area contributed by atoms with Crippen LogP contribution in [0.4, 0.5) is 13.6 Å². The number of rotatable bonds is 6. The number of hydrogen-bond acceptors (Lipinski definition) is 4. The highest BCUT2D eigenvalue weighted by atomic mass is 32.1. The first-order valence-corrected chi connectivity index (χ1v) is 9.08. The lowest BCUT2D eigenvalue weighted by Gasteiger charge is -2.22. The number of imide groups is 1. The molecular weight excluding hydrogens is 376 g/mol. The second-order valence-electron chi connectivity index (χ2n) is 6.25. The van der Waals surface area contributed by atoms with E-state index in [2.05, 4.69) is 10.6 Å². The SMILES string of the molecule is CC1(c2ccc(F)c(F)c2)NC(=O)N(CC(=O)NCCc2cccs2)C1=O. The van der Waals surface area contributed by atoms with Gasteiger partial charge < -0.3 is 10.6 Å². The molecule has 1 aromatic heterocycles. The Morgan fingerprint density at radius 1 is 1.26 bits per heavy atom. The van der Waals surface area contributed by atoms with Crippen LogP contribution in [0.3, 0.4) is 0 Å². The lowest BCUT2D eigenvalue weighted by Crippen LogP contribution is -2.43. The molecule has 1 aromatic carbocycles. The standard InChI is InChI=1S/C18H17F2N3O3S/c1-18(11-4-5-13(19)14(20)9-11)16(25)23(17(26)22-18)10-15(24)21-7-6-12-3-2-8-27-12/h2-5,8-9H,6-7,10H2,1H3,(H,21,24)(H,22,26). The molecule has 1 unspecified atom stereocenters. The third-order valence-corrected chi connectivity index (χ3v) is 5.28. The fraction of sp³-hybridized carbons (Fsp3) is 0.278. The lowest BCUT2D eigenvalue weighted by atomic mass is 9.92. The molecule has 1 saturated heterocycles. The van der Waals surface area contributed by atoms with Gasteiger partial charge in [-0.2, -0.15) is 0 Å². The Hall–Kier alpha value is -2.81. The maximum Gasteiger partial charge on any atom is 0.325 e. The highest BCUT2D eigenvalue weighted by Gasteiger charge is 2.49. The minimum Gasteiger partial charge on any atom is -0.354 e. The summed E-state index contributed by atoms with van der Waals surface area (Å²) in [6.45, 7) is 1.31. The van der Waals surface area contributed by atoms with Gasteiger partial charge in [0.1, 0.15) is 12.1 Å². The summed E-state index contributed by atoms with van der Waals surface area (Å²) in [4.78, 5) is 38.8. The summed E-state index contributed by atoms with van der Waals surface area (Å²) in [5, 5.41) is 7.04. The van der Waals surface area contributed by atoms with Crippen LogP contribution in [-0.2, 0) is 21.5 Å². The van der Waals surface area contributed by atoms with Gasteiger partial charge in [-0.25, -0.2) is 13.6 Å². The second-order valence-corrected chi connectivity index (χ2v) is 7.29. The summed E-state index contributed by atoms with van der Waals surface area (Å²) in [7, 11) is 0. The Kier molecular flexibility index (Phi) is 5.22. The molecule has 1 fully saturated rings. The summed E-state index contributed by atoms with van der Waals surface area (Å²) < 4.78 is 26.7. The smallest absolute Gasteiger partial charge is 0.325 e. The number of carbonyl (C=O) groups is 3. The van der Waals surface area contributed by atoms with E-state index >= 15 is 0 Å². The lowest BCUT2D eigenvalue weighted by molar-refractivity contribution is -0.134. The molecule has 27 heavy (non-hydrogen) atoms. The Morgan fingerprint density at radius 3 is 2.70 bits per heavy atom. The number of benzene rings is 1. The van der Waals surface area contributed by atoms with Crippen molar-refractivity contribution in [3.63, 3.8) is 0 Å². The van der Waals surface area contributed by atoms with Crippen LogP contribution in [0.2, 0.25) is 0 Å². The van der Waals surface area contributed by atoms with Crippen LogP contribution in [0.5, 0.6) is 0 Å². The first kappa shape index (κ1) is 19.0. The molecule has 1 atom stereocenters. The van der Waals surface area contributed by atoms with E-state index in [1.54, 1.807) is 11.3 Å². The van der Waals surface area contributed by atoms with Gasteiger partial charge >= 0.3 is 6.03 Å². The Balaban J connectivity index is 1.64. The van der Waals surface area contributed by atoms with Gasteiger partial charge in [0.2, 0.25) is 5.91 Å². The van der Waals surface area contributed by atoms with Crippen molar-refractivity contribution in [3.8, 4) is 0 Å². The van der Waals surface area contributed by atoms with Crippen molar-refractivity contribution in [1.82, 2.24) is 15.5 Å². The van der Waals surface area contributed by atoms with E-state index in [4.69, 9.17) is 0 Å². The average Bonchev–Trinajstić information content (AvgIpc) is 3.21. The Labute approximate surface area is 158 Å². The molecule has 0 radical (unpaired) electrons. The molecule has 142 valence electrons. The predicted molar refractivity (Wildman–Crippen MR) is 95.0 cm³/mol. The fourth-order valence-electron chi connectivity index (χ4n) is 2.82. The highest BCUT2D eigenvalue weighted by molar-refractivity contribution is 7.09. The summed E-state index contributed by atoms with van der Waals surface area (Å²) >= 11 is 1.57. The van der Waals surface area contributed by atoms with Gasteiger partial charge in [0, 0.05) is 11.4 Å². The molecule has 0 bridgehead atoms. The van der Waals surface area contributed by atoms with Gasteiger partial charge in [-0.15, -0.1) is 11.3 Å². The van der Waals surface area contributed by atoms with Gasteiger partial charge in [-0.3, -0.25) is 14.5 Å². The van der Waals surface area contributed by atoms with E-state index in [1.165, 1.54) is 13.0 Å². The second kappa shape index (κ2) is 7.43. The van der Waals surface area contributed by atoms with Crippen LogP contribution in [-0.4, -0.2) is 35.8 Å². The zero-order valence-electron chi connectivity index (χ0n) is 14.4. The van der Waals surface area contributed by atoms with Gasteiger partial charge in [0.05, 0.1) is 0 Å². The number of thiophene rings is 1. The number of urea groups is 1. The molecule has 2 heterocycles. The average molecular weight is 393 g/mol. The van der Waals surface area contributed by atoms with Crippen LogP contribution in [0.15, 0.2) is 35.7 Å². The molecule has 0 aliphatic carbocycles. The van der Waals surface area contributed by atoms with Crippen molar-refractivity contribution in [3.05, 3.63) is 57.8 Å². The van der Waals surface area contributed by atoms with E-state index in [1.807, 2.05) is 17.5 Å². The number of amides is 4. The van der Waals surface area contributed by atoms with Gasteiger partial charge in [0.25, 0.3) is 5.91 Å². The van der Waals surface area contributed by atoms with Crippen LogP contribution in [0, 0.1) is 11.6 Å². The van der Waals surface area contributed by atoms with Crippen LogP contribution < -0.4 is 10.6 Å². The highest BCUT2D eigenvalue weighted by Crippen LogP contribution is 2.29. The normalized spacial score (nSPS) is 19.3. The minimum atomic E-state index is -1.57. The largest absolute Gasteiger partial charge is 0.354 e. The predicted octanol–water partition coefficient (Wildman–Crippen LogP) is 2.15. The third kappa shape index (κ3) is 3.82. The quantitative estimate of drug-likeness (QED) is 0.739. The number of halogens is 2. The Bertz CT molecular complexity index is 888. The Morgan fingerprint density at radius 2 is 2.04 bits per heavy atom. The summed E-state index contributed by atoms with van der Waals surface area (Å²) in [6, 6.07) is 6.06. The van der Waals surface area contributed by atoms with Crippen molar-refractivity contribution in [2.75, 3.05) is 13.1 Å². The number of hydrogen-bond donors (Lipinski definition) is 2. The number of nitrogens with one attached hydrogen (secondary N) is 2.